The summed E-state index contributed by atoms with van der Waals surface area (Å²) >= 11 is 0. The molecule has 0 spiro atoms. The highest BCUT2D eigenvalue weighted by Gasteiger charge is 2.36. The highest BCUT2D eigenvalue weighted by molar-refractivity contribution is 5.82. The third-order valence-corrected chi connectivity index (χ3v) is 5.00. The number of carbonyl (C=O) groups is 1. The first-order valence-electron chi connectivity index (χ1n) is 9.05. The van der Waals surface area contributed by atoms with Crippen LogP contribution in [0.4, 0.5) is 5.82 Å². The Kier molecular flexibility index (Phi) is 4.81. The van der Waals surface area contributed by atoms with Crippen LogP contribution in [0.3, 0.4) is 0 Å². The molecule has 2 aliphatic rings. The van der Waals surface area contributed by atoms with Crippen LogP contribution in [0.15, 0.2) is 36.5 Å². The zero-order valence-electron chi connectivity index (χ0n) is 15.2. The monoisotopic (exact) mass is 369 g/mol. The molecule has 1 saturated heterocycles. The van der Waals surface area contributed by atoms with Crippen LogP contribution in [0.2, 0.25) is 0 Å². The number of benzene rings is 1. The van der Waals surface area contributed by atoms with Gasteiger partial charge in [0.2, 0.25) is 6.10 Å². The number of nitrogen functional groups attached to an aromatic ring is 1. The number of amides is 1. The van der Waals surface area contributed by atoms with Gasteiger partial charge in [-0.2, -0.15) is 0 Å². The van der Waals surface area contributed by atoms with Gasteiger partial charge < -0.3 is 20.1 Å². The first kappa shape index (κ1) is 17.5. The van der Waals surface area contributed by atoms with E-state index in [1.54, 1.807) is 12.3 Å². The van der Waals surface area contributed by atoms with Crippen molar-refractivity contribution in [1.29, 1.82) is 0 Å². The van der Waals surface area contributed by atoms with Crippen LogP contribution < -0.4 is 15.2 Å². The molecule has 27 heavy (non-hydrogen) atoms. The molecule has 0 bridgehead atoms. The Labute approximate surface area is 157 Å². The molecule has 2 atom stereocenters. The van der Waals surface area contributed by atoms with Crippen molar-refractivity contribution in [1.82, 2.24) is 19.8 Å². The van der Waals surface area contributed by atoms with Crippen molar-refractivity contribution in [3.8, 4) is 11.5 Å². The van der Waals surface area contributed by atoms with Gasteiger partial charge in [-0.05, 0) is 31.7 Å². The lowest BCUT2D eigenvalue weighted by Gasteiger charge is -2.29. The lowest BCUT2D eigenvalue weighted by Crippen LogP contribution is -2.46. The molecule has 8 heteroatoms. The number of aromatic nitrogens is 2. The summed E-state index contributed by atoms with van der Waals surface area (Å²) in [7, 11) is 2.02. The first-order valence-corrected chi connectivity index (χ1v) is 9.05. The number of hydrogen-bond acceptors (Lipinski definition) is 7. The number of rotatable bonds is 4. The third-order valence-electron chi connectivity index (χ3n) is 5.00. The minimum absolute atomic E-state index is 0.0272. The second-order valence-electron chi connectivity index (χ2n) is 6.90. The van der Waals surface area contributed by atoms with Crippen LogP contribution >= 0.6 is 0 Å². The van der Waals surface area contributed by atoms with E-state index in [-0.39, 0.29) is 18.6 Å². The number of likely N-dealkylation sites (tertiary alicyclic amines) is 1. The summed E-state index contributed by atoms with van der Waals surface area (Å²) in [5.41, 5.74) is 5.72. The van der Waals surface area contributed by atoms with Crippen molar-refractivity contribution in [3.63, 3.8) is 0 Å². The SMILES string of the molecule is CN(Cc1nccc(N)n1)[C@@H]1CCN(C(=O)[C@@H]2COc3ccccc3O2)C1. The number of likely N-dealkylation sites (N-methyl/N-ethyl adjacent to an activating group) is 1. The van der Waals surface area contributed by atoms with Crippen LogP contribution in [-0.2, 0) is 11.3 Å². The van der Waals surface area contributed by atoms with Crippen molar-refractivity contribution in [2.45, 2.75) is 25.1 Å². The van der Waals surface area contributed by atoms with Gasteiger partial charge in [0.05, 0.1) is 6.54 Å². The molecule has 2 N–H and O–H groups in total. The lowest BCUT2D eigenvalue weighted by molar-refractivity contribution is -0.140. The van der Waals surface area contributed by atoms with Crippen LogP contribution in [0.5, 0.6) is 11.5 Å². The van der Waals surface area contributed by atoms with Crippen LogP contribution in [-0.4, -0.2) is 64.6 Å². The zero-order valence-corrected chi connectivity index (χ0v) is 15.2. The van der Waals surface area contributed by atoms with Gasteiger partial charge in [0.1, 0.15) is 18.2 Å². The summed E-state index contributed by atoms with van der Waals surface area (Å²) in [5, 5.41) is 0. The fourth-order valence-electron chi connectivity index (χ4n) is 3.49. The largest absolute Gasteiger partial charge is 0.485 e. The van der Waals surface area contributed by atoms with E-state index in [2.05, 4.69) is 14.9 Å². The summed E-state index contributed by atoms with van der Waals surface area (Å²) < 4.78 is 11.5. The predicted molar refractivity (Wildman–Crippen MR) is 99.2 cm³/mol. The van der Waals surface area contributed by atoms with E-state index in [0.29, 0.717) is 42.8 Å². The Hall–Kier alpha value is -2.87. The average Bonchev–Trinajstić information content (AvgIpc) is 3.17. The minimum Gasteiger partial charge on any atom is -0.485 e. The maximum absolute atomic E-state index is 12.8. The molecule has 2 aliphatic heterocycles. The van der Waals surface area contributed by atoms with Crippen molar-refractivity contribution in [3.05, 3.63) is 42.4 Å². The number of ether oxygens (including phenoxy) is 2. The number of nitrogens with zero attached hydrogens (tertiary/aromatic N) is 4. The maximum atomic E-state index is 12.8. The Morgan fingerprint density at radius 3 is 2.96 bits per heavy atom. The van der Waals surface area contributed by atoms with Crippen LogP contribution in [0, 0.1) is 0 Å². The van der Waals surface area contributed by atoms with E-state index in [0.717, 1.165) is 6.42 Å². The molecule has 0 aliphatic carbocycles. The van der Waals surface area contributed by atoms with E-state index >= 15 is 0 Å². The molecule has 142 valence electrons. The van der Waals surface area contributed by atoms with Gasteiger partial charge in [-0.15, -0.1) is 0 Å². The highest BCUT2D eigenvalue weighted by Crippen LogP contribution is 2.31. The van der Waals surface area contributed by atoms with Gasteiger partial charge >= 0.3 is 0 Å². The molecule has 0 radical (unpaired) electrons. The second-order valence-corrected chi connectivity index (χ2v) is 6.90. The molecule has 1 amide bonds. The fourth-order valence-corrected chi connectivity index (χ4v) is 3.49. The van der Waals surface area contributed by atoms with Gasteiger partial charge in [-0.3, -0.25) is 9.69 Å². The highest BCUT2D eigenvalue weighted by atomic mass is 16.6. The van der Waals surface area contributed by atoms with Gasteiger partial charge in [0.25, 0.3) is 5.91 Å². The van der Waals surface area contributed by atoms with Crippen LogP contribution in [0.25, 0.3) is 0 Å². The standard InChI is InChI=1S/C19H23N5O3/c1-23(11-18-21-8-6-17(20)22-18)13-7-9-24(10-13)19(25)16-12-26-14-4-2-3-5-15(14)27-16/h2-6,8,13,16H,7,9-12H2,1H3,(H2,20,21,22)/t13-,16+/m1/s1. The second kappa shape index (κ2) is 7.40. The first-order chi connectivity index (χ1) is 13.1. The average molecular weight is 369 g/mol. The maximum Gasteiger partial charge on any atom is 0.267 e. The predicted octanol–water partition coefficient (Wildman–Crippen LogP) is 0.931. The molecule has 1 fully saturated rings. The van der Waals surface area contributed by atoms with Gasteiger partial charge in [0, 0.05) is 25.3 Å². The summed E-state index contributed by atoms with van der Waals surface area (Å²) in [4.78, 5) is 25.3. The molecule has 0 saturated carbocycles. The molecule has 1 aromatic heterocycles. The van der Waals surface area contributed by atoms with Crippen LogP contribution in [0.1, 0.15) is 12.2 Å². The van der Waals surface area contributed by atoms with E-state index in [1.807, 2.05) is 36.2 Å². The lowest BCUT2D eigenvalue weighted by atomic mass is 10.2. The summed E-state index contributed by atoms with van der Waals surface area (Å²) in [6.07, 6.45) is 1.96. The van der Waals surface area contributed by atoms with E-state index in [9.17, 15) is 4.79 Å². The molecular formula is C19H23N5O3. The Morgan fingerprint density at radius 2 is 2.15 bits per heavy atom. The van der Waals surface area contributed by atoms with Crippen molar-refractivity contribution < 1.29 is 14.3 Å². The molecule has 2 aromatic rings. The fraction of sp³-hybridized carbons (Fsp3) is 0.421. The number of para-hydroxylation sites is 2. The van der Waals surface area contributed by atoms with E-state index in [4.69, 9.17) is 15.2 Å². The van der Waals surface area contributed by atoms with Gasteiger partial charge in [-0.25, -0.2) is 9.97 Å². The smallest absolute Gasteiger partial charge is 0.267 e. The molecule has 4 rings (SSSR count). The quantitative estimate of drug-likeness (QED) is 0.857. The molecule has 1 aromatic carbocycles. The van der Waals surface area contributed by atoms with E-state index in [1.165, 1.54) is 0 Å². The number of anilines is 1. The Balaban J connectivity index is 1.34. The summed E-state index contributed by atoms with van der Waals surface area (Å²) in [5.74, 6) is 2.42. The molecule has 3 heterocycles. The molecule has 8 nitrogen and oxygen atoms in total. The molecule has 0 unspecified atom stereocenters. The van der Waals surface area contributed by atoms with Gasteiger partial charge in [-0.1, -0.05) is 12.1 Å². The van der Waals surface area contributed by atoms with Crippen molar-refractivity contribution in [2.75, 3.05) is 32.5 Å². The number of carbonyl (C=O) groups excluding carboxylic acids is 1. The normalized spacial score (nSPS) is 21.5. The third kappa shape index (κ3) is 3.80. The number of hydrogen-bond donors (Lipinski definition) is 1. The number of fused-ring (bicyclic) bond motifs is 1. The summed E-state index contributed by atoms with van der Waals surface area (Å²) in [6, 6.07) is 9.33. The topological polar surface area (TPSA) is 93.8 Å². The van der Waals surface area contributed by atoms with Crippen molar-refractivity contribution in [2.24, 2.45) is 0 Å². The molecular weight excluding hydrogens is 346 g/mol. The Morgan fingerprint density at radius 1 is 1.33 bits per heavy atom. The van der Waals surface area contributed by atoms with Crippen molar-refractivity contribution >= 4 is 11.7 Å². The summed E-state index contributed by atoms with van der Waals surface area (Å²) in [6.45, 7) is 2.18. The number of nitrogens with two attached hydrogens (primary N) is 1. The zero-order chi connectivity index (χ0) is 18.8. The minimum atomic E-state index is -0.596. The Bertz CT molecular complexity index is 830. The van der Waals surface area contributed by atoms with E-state index < -0.39 is 6.10 Å². The van der Waals surface area contributed by atoms with Gasteiger partial charge in [0.15, 0.2) is 11.5 Å².